The van der Waals surface area contributed by atoms with E-state index in [9.17, 15) is 9.59 Å². The highest BCUT2D eigenvalue weighted by molar-refractivity contribution is 5.83. The van der Waals surface area contributed by atoms with Crippen LogP contribution in [0.5, 0.6) is 0 Å². The molecule has 1 N–H and O–H groups in total. The van der Waals surface area contributed by atoms with Gasteiger partial charge in [0.05, 0.1) is 12.5 Å². The van der Waals surface area contributed by atoms with Crippen molar-refractivity contribution >= 4 is 11.9 Å². The van der Waals surface area contributed by atoms with Crippen LogP contribution in [0.4, 0.5) is 0 Å². The number of ether oxygens (including phenoxy) is 2. The van der Waals surface area contributed by atoms with Crippen molar-refractivity contribution < 1.29 is 24.2 Å². The summed E-state index contributed by atoms with van der Waals surface area (Å²) in [4.78, 5) is 22.2. The highest BCUT2D eigenvalue weighted by Gasteiger charge is 2.60. The first-order chi connectivity index (χ1) is 8.41. The molecule has 2 unspecified atom stereocenters. The molecule has 1 rings (SSSR count). The Morgan fingerprint density at radius 3 is 2.50 bits per heavy atom. The van der Waals surface area contributed by atoms with Crippen molar-refractivity contribution in [2.75, 3.05) is 19.8 Å². The molecule has 0 aromatic carbocycles. The van der Waals surface area contributed by atoms with Crippen molar-refractivity contribution in [3.63, 3.8) is 0 Å². The van der Waals surface area contributed by atoms with Crippen LogP contribution in [0.2, 0.25) is 0 Å². The molecule has 2 atom stereocenters. The molecular formula is C13H20O5. The van der Waals surface area contributed by atoms with Crippen LogP contribution in [0.15, 0.2) is 12.2 Å². The molecule has 0 bridgehead atoms. The van der Waals surface area contributed by atoms with Crippen molar-refractivity contribution in [3.05, 3.63) is 12.2 Å². The van der Waals surface area contributed by atoms with Crippen LogP contribution < -0.4 is 0 Å². The van der Waals surface area contributed by atoms with Crippen LogP contribution in [0, 0.1) is 17.3 Å². The minimum atomic E-state index is -0.820. The summed E-state index contributed by atoms with van der Waals surface area (Å²) in [7, 11) is 0. The van der Waals surface area contributed by atoms with Gasteiger partial charge < -0.3 is 14.6 Å². The van der Waals surface area contributed by atoms with Gasteiger partial charge in [-0.2, -0.15) is 0 Å². The second kappa shape index (κ2) is 6.00. The predicted molar refractivity (Wildman–Crippen MR) is 65.0 cm³/mol. The molecule has 1 fully saturated rings. The molecule has 0 amide bonds. The van der Waals surface area contributed by atoms with Gasteiger partial charge in [0.15, 0.2) is 0 Å². The maximum Gasteiger partial charge on any atom is 0.330 e. The maximum atomic E-state index is 11.3. The van der Waals surface area contributed by atoms with E-state index in [0.29, 0.717) is 13.2 Å². The molecule has 5 nitrogen and oxygen atoms in total. The smallest absolute Gasteiger partial charge is 0.330 e. The molecular weight excluding hydrogens is 236 g/mol. The molecule has 1 saturated carbocycles. The van der Waals surface area contributed by atoms with E-state index >= 15 is 0 Å². The fourth-order valence-electron chi connectivity index (χ4n) is 2.08. The minimum Gasteiger partial charge on any atom is -0.481 e. The summed E-state index contributed by atoms with van der Waals surface area (Å²) < 4.78 is 9.91. The Hall–Kier alpha value is -1.36. The second-order valence-corrected chi connectivity index (χ2v) is 4.89. The first-order valence-electron chi connectivity index (χ1n) is 6.06. The summed E-state index contributed by atoms with van der Waals surface area (Å²) in [6, 6.07) is 0. The zero-order valence-electron chi connectivity index (χ0n) is 11.0. The van der Waals surface area contributed by atoms with Crippen LogP contribution in [-0.4, -0.2) is 36.9 Å². The van der Waals surface area contributed by atoms with Crippen LogP contribution in [0.1, 0.15) is 20.8 Å². The van der Waals surface area contributed by atoms with E-state index in [2.05, 4.69) is 0 Å². The lowest BCUT2D eigenvalue weighted by molar-refractivity contribution is -0.140. The van der Waals surface area contributed by atoms with Crippen molar-refractivity contribution in [3.8, 4) is 0 Å². The SMILES string of the molecule is CCOCCOC(=O)/C=C\C1C(C(=O)O)C1(C)C. The number of carboxylic acids is 1. The zero-order valence-corrected chi connectivity index (χ0v) is 11.0. The van der Waals surface area contributed by atoms with Gasteiger partial charge in [-0.1, -0.05) is 19.9 Å². The van der Waals surface area contributed by atoms with Crippen LogP contribution in [-0.2, 0) is 19.1 Å². The Morgan fingerprint density at radius 1 is 1.33 bits per heavy atom. The van der Waals surface area contributed by atoms with E-state index in [0.717, 1.165) is 0 Å². The summed E-state index contributed by atoms with van der Waals surface area (Å²) in [5.41, 5.74) is -0.284. The molecule has 0 aromatic heterocycles. The van der Waals surface area contributed by atoms with E-state index in [4.69, 9.17) is 14.6 Å². The summed E-state index contributed by atoms with van der Waals surface area (Å²) in [5.74, 6) is -1.79. The Labute approximate surface area is 107 Å². The fraction of sp³-hybridized carbons (Fsp3) is 0.692. The Morgan fingerprint density at radius 2 is 2.00 bits per heavy atom. The standard InChI is InChI=1S/C13H20O5/c1-4-17-7-8-18-10(14)6-5-9-11(12(15)16)13(9,2)3/h5-6,9,11H,4,7-8H2,1-3H3,(H,15,16)/b6-5-. The van der Waals surface area contributed by atoms with E-state index in [1.165, 1.54) is 6.08 Å². The first-order valence-corrected chi connectivity index (χ1v) is 6.06. The van der Waals surface area contributed by atoms with Crippen LogP contribution in [0.25, 0.3) is 0 Å². The molecule has 0 heterocycles. The quantitative estimate of drug-likeness (QED) is 0.424. The van der Waals surface area contributed by atoms with Crippen molar-refractivity contribution in [2.24, 2.45) is 17.3 Å². The molecule has 0 aromatic rings. The van der Waals surface area contributed by atoms with Crippen LogP contribution in [0.3, 0.4) is 0 Å². The average Bonchev–Trinajstić information content (AvgIpc) is 2.84. The van der Waals surface area contributed by atoms with Gasteiger partial charge in [-0.15, -0.1) is 0 Å². The topological polar surface area (TPSA) is 72.8 Å². The highest BCUT2D eigenvalue weighted by Crippen LogP contribution is 2.58. The number of hydrogen-bond acceptors (Lipinski definition) is 4. The third kappa shape index (κ3) is 3.57. The van der Waals surface area contributed by atoms with Gasteiger partial charge >= 0.3 is 11.9 Å². The molecule has 0 radical (unpaired) electrons. The second-order valence-electron chi connectivity index (χ2n) is 4.89. The molecule has 18 heavy (non-hydrogen) atoms. The Bertz CT molecular complexity index is 345. The van der Waals surface area contributed by atoms with Gasteiger partial charge in [0.2, 0.25) is 0 Å². The Kier molecular flexibility index (Phi) is 4.90. The van der Waals surface area contributed by atoms with Gasteiger partial charge in [0, 0.05) is 12.7 Å². The van der Waals surface area contributed by atoms with E-state index < -0.39 is 17.9 Å². The monoisotopic (exact) mass is 256 g/mol. The van der Waals surface area contributed by atoms with Gasteiger partial charge in [-0.25, -0.2) is 4.79 Å². The predicted octanol–water partition coefficient (Wildman–Crippen LogP) is 1.48. The molecule has 5 heteroatoms. The van der Waals surface area contributed by atoms with Gasteiger partial charge in [-0.05, 0) is 18.3 Å². The average molecular weight is 256 g/mol. The lowest BCUT2D eigenvalue weighted by Crippen LogP contribution is -2.08. The number of esters is 1. The number of carboxylic acid groups (broad SMARTS) is 1. The number of rotatable bonds is 7. The van der Waals surface area contributed by atoms with Crippen LogP contribution >= 0.6 is 0 Å². The number of carbonyl (C=O) groups is 2. The third-order valence-electron chi connectivity index (χ3n) is 3.29. The van der Waals surface area contributed by atoms with Gasteiger partial charge in [0.1, 0.15) is 6.61 Å². The van der Waals surface area contributed by atoms with E-state index in [1.54, 1.807) is 6.08 Å². The Balaban J connectivity index is 2.33. The number of allylic oxidation sites excluding steroid dienone is 1. The highest BCUT2D eigenvalue weighted by atomic mass is 16.6. The molecule has 0 aliphatic heterocycles. The summed E-state index contributed by atoms with van der Waals surface area (Å²) in [6.45, 7) is 6.80. The number of carbonyl (C=O) groups excluding carboxylic acids is 1. The summed E-state index contributed by atoms with van der Waals surface area (Å²) in [6.07, 6.45) is 2.93. The van der Waals surface area contributed by atoms with Gasteiger partial charge in [0.25, 0.3) is 0 Å². The molecule has 0 spiro atoms. The van der Waals surface area contributed by atoms with E-state index in [1.807, 2.05) is 20.8 Å². The zero-order chi connectivity index (χ0) is 13.8. The van der Waals surface area contributed by atoms with E-state index in [-0.39, 0.29) is 17.9 Å². The lowest BCUT2D eigenvalue weighted by atomic mass is 10.1. The number of hydrogen-bond donors (Lipinski definition) is 1. The molecule has 1 aliphatic carbocycles. The molecule has 102 valence electrons. The third-order valence-corrected chi connectivity index (χ3v) is 3.29. The van der Waals surface area contributed by atoms with Crippen molar-refractivity contribution in [1.29, 1.82) is 0 Å². The summed E-state index contributed by atoms with van der Waals surface area (Å²) in [5, 5.41) is 8.96. The normalized spacial score (nSPS) is 25.1. The largest absolute Gasteiger partial charge is 0.481 e. The molecule has 1 aliphatic rings. The fourth-order valence-corrected chi connectivity index (χ4v) is 2.08. The first kappa shape index (κ1) is 14.7. The molecule has 0 saturated heterocycles. The summed E-state index contributed by atoms with van der Waals surface area (Å²) >= 11 is 0. The lowest BCUT2D eigenvalue weighted by Gasteiger charge is -2.01. The van der Waals surface area contributed by atoms with Gasteiger partial charge in [-0.3, -0.25) is 4.79 Å². The van der Waals surface area contributed by atoms with Crippen molar-refractivity contribution in [2.45, 2.75) is 20.8 Å². The van der Waals surface area contributed by atoms with Crippen molar-refractivity contribution in [1.82, 2.24) is 0 Å². The minimum absolute atomic E-state index is 0.102. The maximum absolute atomic E-state index is 11.3. The number of aliphatic carboxylic acids is 1.